The summed E-state index contributed by atoms with van der Waals surface area (Å²) < 4.78 is 7.33. The molecule has 3 rings (SSSR count). The SMILES string of the molecule is COc1cc(-n2cccc2)c(Cl)cc1C(=O)NCC(C)CN1CCCC1. The first-order valence-electron chi connectivity index (χ1n) is 9.10. The Morgan fingerprint density at radius 3 is 2.62 bits per heavy atom. The zero-order chi connectivity index (χ0) is 18.5. The van der Waals surface area contributed by atoms with Crippen LogP contribution in [0.15, 0.2) is 36.7 Å². The third kappa shape index (κ3) is 4.40. The molecule has 0 radical (unpaired) electrons. The molecule has 0 saturated carbocycles. The molecule has 1 unspecified atom stereocenters. The van der Waals surface area contributed by atoms with Crippen molar-refractivity contribution in [3.05, 3.63) is 47.2 Å². The summed E-state index contributed by atoms with van der Waals surface area (Å²) in [6.45, 7) is 6.16. The number of carbonyl (C=O) groups is 1. The van der Waals surface area contributed by atoms with E-state index in [-0.39, 0.29) is 5.91 Å². The highest BCUT2D eigenvalue weighted by Crippen LogP contribution is 2.30. The number of amides is 1. The van der Waals surface area contributed by atoms with Crippen molar-refractivity contribution in [2.24, 2.45) is 5.92 Å². The topological polar surface area (TPSA) is 46.5 Å². The van der Waals surface area contributed by atoms with Crippen LogP contribution in [0.5, 0.6) is 5.75 Å². The van der Waals surface area contributed by atoms with Crippen LogP contribution in [0.1, 0.15) is 30.1 Å². The molecular formula is C20H26ClN3O2. The van der Waals surface area contributed by atoms with Crippen molar-refractivity contribution in [1.82, 2.24) is 14.8 Å². The van der Waals surface area contributed by atoms with Gasteiger partial charge >= 0.3 is 0 Å². The molecular weight excluding hydrogens is 350 g/mol. The molecule has 1 saturated heterocycles. The Morgan fingerprint density at radius 1 is 1.27 bits per heavy atom. The maximum absolute atomic E-state index is 12.6. The molecule has 6 heteroatoms. The van der Waals surface area contributed by atoms with Gasteiger partial charge in [0.1, 0.15) is 5.75 Å². The van der Waals surface area contributed by atoms with Crippen LogP contribution in [-0.4, -0.2) is 48.7 Å². The smallest absolute Gasteiger partial charge is 0.255 e. The Morgan fingerprint density at radius 2 is 1.96 bits per heavy atom. The van der Waals surface area contributed by atoms with Gasteiger partial charge in [-0.1, -0.05) is 18.5 Å². The lowest BCUT2D eigenvalue weighted by Crippen LogP contribution is -2.34. The molecule has 140 valence electrons. The van der Waals surface area contributed by atoms with E-state index in [4.69, 9.17) is 16.3 Å². The predicted molar refractivity (Wildman–Crippen MR) is 105 cm³/mol. The number of aromatic nitrogens is 1. The van der Waals surface area contributed by atoms with Crippen molar-refractivity contribution in [2.75, 3.05) is 33.3 Å². The zero-order valence-electron chi connectivity index (χ0n) is 15.4. The molecule has 1 amide bonds. The van der Waals surface area contributed by atoms with Crippen LogP contribution in [0.2, 0.25) is 5.02 Å². The second kappa shape index (κ2) is 8.60. The number of likely N-dealkylation sites (tertiary alicyclic amines) is 1. The summed E-state index contributed by atoms with van der Waals surface area (Å²) >= 11 is 6.41. The Hall–Kier alpha value is -1.98. The second-order valence-corrected chi connectivity index (χ2v) is 7.32. The standard InChI is InChI=1S/C20H26ClN3O2/c1-15(14-23-7-3-4-8-23)13-22-20(25)16-11-17(21)18(12-19(16)26-2)24-9-5-6-10-24/h5-6,9-12,15H,3-4,7-8,13-14H2,1-2H3,(H,22,25). The van der Waals surface area contributed by atoms with E-state index in [1.54, 1.807) is 19.2 Å². The van der Waals surface area contributed by atoms with E-state index in [9.17, 15) is 4.79 Å². The van der Waals surface area contributed by atoms with Crippen molar-refractivity contribution in [1.29, 1.82) is 0 Å². The van der Waals surface area contributed by atoms with Crippen molar-refractivity contribution >= 4 is 17.5 Å². The van der Waals surface area contributed by atoms with Gasteiger partial charge in [-0.25, -0.2) is 0 Å². The number of ether oxygens (including phenoxy) is 1. The van der Waals surface area contributed by atoms with Gasteiger partial charge in [0.25, 0.3) is 5.91 Å². The van der Waals surface area contributed by atoms with Crippen molar-refractivity contribution in [2.45, 2.75) is 19.8 Å². The Labute approximate surface area is 159 Å². The molecule has 1 N–H and O–H groups in total. The van der Waals surface area contributed by atoms with Crippen LogP contribution in [0.25, 0.3) is 5.69 Å². The molecule has 1 aliphatic heterocycles. The average Bonchev–Trinajstić information content (AvgIpc) is 3.33. The lowest BCUT2D eigenvalue weighted by molar-refractivity contribution is 0.0942. The molecule has 1 aliphatic rings. The van der Waals surface area contributed by atoms with Crippen LogP contribution >= 0.6 is 11.6 Å². The number of hydrogen-bond donors (Lipinski definition) is 1. The summed E-state index contributed by atoms with van der Waals surface area (Å²) in [7, 11) is 1.56. The van der Waals surface area contributed by atoms with Gasteiger partial charge in [0.2, 0.25) is 0 Å². The first-order valence-corrected chi connectivity index (χ1v) is 9.47. The van der Waals surface area contributed by atoms with Gasteiger partial charge in [-0.2, -0.15) is 0 Å². The largest absolute Gasteiger partial charge is 0.496 e. The molecule has 0 aliphatic carbocycles. The van der Waals surface area contributed by atoms with E-state index in [1.165, 1.54) is 25.9 Å². The fourth-order valence-corrected chi connectivity index (χ4v) is 3.68. The van der Waals surface area contributed by atoms with Gasteiger partial charge in [0.05, 0.1) is 23.4 Å². The van der Waals surface area contributed by atoms with Crippen molar-refractivity contribution < 1.29 is 9.53 Å². The summed E-state index contributed by atoms with van der Waals surface area (Å²) in [5.74, 6) is 0.761. The number of hydrogen-bond acceptors (Lipinski definition) is 3. The predicted octanol–water partition coefficient (Wildman–Crippen LogP) is 3.60. The molecule has 0 spiro atoms. The molecule has 26 heavy (non-hydrogen) atoms. The lowest BCUT2D eigenvalue weighted by Gasteiger charge is -2.21. The number of nitrogens with zero attached hydrogens (tertiary/aromatic N) is 2. The molecule has 2 aromatic rings. The van der Waals surface area contributed by atoms with Crippen molar-refractivity contribution in [3.63, 3.8) is 0 Å². The van der Waals surface area contributed by atoms with Gasteiger partial charge in [-0.3, -0.25) is 4.79 Å². The van der Waals surface area contributed by atoms with Gasteiger partial charge in [-0.05, 0) is 50.0 Å². The van der Waals surface area contributed by atoms with E-state index in [0.29, 0.717) is 28.8 Å². The number of methoxy groups -OCH3 is 1. The van der Waals surface area contributed by atoms with Gasteiger partial charge in [0.15, 0.2) is 0 Å². The summed E-state index contributed by atoms with van der Waals surface area (Å²) in [6.07, 6.45) is 6.37. The summed E-state index contributed by atoms with van der Waals surface area (Å²) in [6, 6.07) is 7.32. The molecule has 1 atom stereocenters. The molecule has 1 aromatic carbocycles. The fourth-order valence-electron chi connectivity index (χ4n) is 3.41. The number of nitrogens with one attached hydrogen (secondary N) is 1. The van der Waals surface area contributed by atoms with E-state index in [1.807, 2.05) is 29.1 Å². The maximum atomic E-state index is 12.6. The first kappa shape index (κ1) is 18.8. The third-order valence-corrected chi connectivity index (χ3v) is 5.08. The molecule has 2 heterocycles. The Kier molecular flexibility index (Phi) is 6.22. The number of benzene rings is 1. The second-order valence-electron chi connectivity index (χ2n) is 6.92. The highest BCUT2D eigenvalue weighted by Gasteiger charge is 2.19. The molecule has 1 fully saturated rings. The van der Waals surface area contributed by atoms with E-state index >= 15 is 0 Å². The summed E-state index contributed by atoms with van der Waals surface area (Å²) in [5.41, 5.74) is 1.24. The van der Waals surface area contributed by atoms with Crippen LogP contribution in [0.3, 0.4) is 0 Å². The minimum absolute atomic E-state index is 0.156. The third-order valence-electron chi connectivity index (χ3n) is 4.78. The highest BCUT2D eigenvalue weighted by molar-refractivity contribution is 6.33. The molecule has 1 aromatic heterocycles. The fraction of sp³-hybridized carbons (Fsp3) is 0.450. The average molecular weight is 376 g/mol. The number of rotatable bonds is 7. The Bertz CT molecular complexity index is 740. The van der Waals surface area contributed by atoms with E-state index in [0.717, 1.165) is 12.2 Å². The summed E-state index contributed by atoms with van der Waals surface area (Å²) in [4.78, 5) is 15.1. The monoisotopic (exact) mass is 375 g/mol. The van der Waals surface area contributed by atoms with E-state index < -0.39 is 0 Å². The van der Waals surface area contributed by atoms with Crippen molar-refractivity contribution in [3.8, 4) is 11.4 Å². The van der Waals surface area contributed by atoms with Gasteiger partial charge in [0, 0.05) is 31.5 Å². The van der Waals surface area contributed by atoms with Crippen LogP contribution in [0, 0.1) is 5.92 Å². The minimum atomic E-state index is -0.156. The quantitative estimate of drug-likeness (QED) is 0.804. The summed E-state index contributed by atoms with van der Waals surface area (Å²) in [5, 5.41) is 3.53. The number of carbonyl (C=O) groups excluding carboxylic acids is 1. The van der Waals surface area contributed by atoms with Gasteiger partial charge < -0.3 is 19.5 Å². The Balaban J connectivity index is 1.67. The number of halogens is 1. The molecule has 0 bridgehead atoms. The normalized spacial score (nSPS) is 15.8. The van der Waals surface area contributed by atoms with Crippen LogP contribution < -0.4 is 10.1 Å². The minimum Gasteiger partial charge on any atom is -0.496 e. The highest BCUT2D eigenvalue weighted by atomic mass is 35.5. The first-order chi connectivity index (χ1) is 12.6. The molecule has 5 nitrogen and oxygen atoms in total. The maximum Gasteiger partial charge on any atom is 0.255 e. The van der Waals surface area contributed by atoms with Crippen LogP contribution in [-0.2, 0) is 0 Å². The zero-order valence-corrected chi connectivity index (χ0v) is 16.1. The lowest BCUT2D eigenvalue weighted by atomic mass is 10.1. The van der Waals surface area contributed by atoms with Crippen LogP contribution in [0.4, 0.5) is 0 Å². The van der Waals surface area contributed by atoms with Gasteiger partial charge in [-0.15, -0.1) is 0 Å². The van der Waals surface area contributed by atoms with E-state index in [2.05, 4.69) is 17.1 Å².